The van der Waals surface area contributed by atoms with Gasteiger partial charge in [-0.05, 0) is 62.6 Å². The van der Waals surface area contributed by atoms with Crippen LogP contribution >= 0.6 is 0 Å². The molecule has 2 aliphatic heterocycles. The van der Waals surface area contributed by atoms with Crippen LogP contribution < -0.4 is 4.74 Å². The molecule has 2 fully saturated rings. The predicted octanol–water partition coefficient (Wildman–Crippen LogP) is 3.35. The van der Waals surface area contributed by atoms with Gasteiger partial charge in [-0.3, -0.25) is 4.79 Å². The summed E-state index contributed by atoms with van der Waals surface area (Å²) in [6.45, 7) is 4.16. The fraction of sp³-hybridized carbons (Fsp3) is 0.609. The van der Waals surface area contributed by atoms with Crippen LogP contribution in [0.2, 0.25) is 0 Å². The highest BCUT2D eigenvalue weighted by Gasteiger charge is 2.41. The van der Waals surface area contributed by atoms with Crippen molar-refractivity contribution in [2.45, 2.75) is 57.5 Å². The Morgan fingerprint density at radius 3 is 2.70 bits per heavy atom. The lowest BCUT2D eigenvalue weighted by Gasteiger charge is -2.46. The molecule has 2 saturated heterocycles. The molecule has 0 N–H and O–H groups in total. The van der Waals surface area contributed by atoms with Gasteiger partial charge < -0.3 is 18.9 Å². The average molecular weight is 414 g/mol. The summed E-state index contributed by atoms with van der Waals surface area (Å²) in [5.41, 5.74) is 1.05. The Morgan fingerprint density at radius 1 is 1.27 bits per heavy atom. The number of rotatable bonds is 6. The lowest BCUT2D eigenvalue weighted by molar-refractivity contribution is -0.147. The average Bonchev–Trinajstić information content (AvgIpc) is 3.17. The van der Waals surface area contributed by atoms with E-state index >= 15 is 0 Å². The second-order valence-corrected chi connectivity index (χ2v) is 8.56. The summed E-state index contributed by atoms with van der Waals surface area (Å²) in [6.07, 6.45) is 5.94. The van der Waals surface area contributed by atoms with Crippen LogP contribution in [0, 0.1) is 12.8 Å². The van der Waals surface area contributed by atoms with E-state index in [2.05, 4.69) is 10.1 Å². The predicted molar refractivity (Wildman–Crippen MR) is 111 cm³/mol. The summed E-state index contributed by atoms with van der Waals surface area (Å²) in [7, 11) is 1.66. The molecule has 0 aliphatic carbocycles. The molecule has 0 radical (unpaired) electrons. The molecule has 1 aromatic carbocycles. The number of piperidine rings is 1. The van der Waals surface area contributed by atoms with Crippen molar-refractivity contribution in [3.8, 4) is 5.75 Å². The maximum Gasteiger partial charge on any atom is 0.226 e. The third-order valence-electron chi connectivity index (χ3n) is 6.44. The number of methoxy groups -OCH3 is 1. The quantitative estimate of drug-likeness (QED) is 0.723. The Kier molecular flexibility index (Phi) is 6.37. The summed E-state index contributed by atoms with van der Waals surface area (Å²) < 4.78 is 16.7. The van der Waals surface area contributed by atoms with Crippen LogP contribution in [0.1, 0.15) is 49.4 Å². The van der Waals surface area contributed by atoms with Gasteiger partial charge in [0.05, 0.1) is 12.7 Å². The normalized spacial score (nSPS) is 21.0. The molecule has 1 aromatic heterocycles. The minimum Gasteiger partial charge on any atom is -0.497 e. The van der Waals surface area contributed by atoms with Crippen molar-refractivity contribution < 1.29 is 18.8 Å². The van der Waals surface area contributed by atoms with Crippen molar-refractivity contribution in [3.05, 3.63) is 41.5 Å². The monoisotopic (exact) mass is 413 g/mol. The number of hydrogen-bond donors (Lipinski definition) is 0. The first-order valence-corrected chi connectivity index (χ1v) is 10.9. The zero-order chi connectivity index (χ0) is 21.0. The summed E-state index contributed by atoms with van der Waals surface area (Å²) in [6, 6.07) is 7.93. The fourth-order valence-corrected chi connectivity index (χ4v) is 4.69. The van der Waals surface area contributed by atoms with Crippen LogP contribution in [-0.2, 0) is 22.4 Å². The number of hydrogen-bond acceptors (Lipinski definition) is 6. The molecule has 4 rings (SSSR count). The van der Waals surface area contributed by atoms with Gasteiger partial charge in [-0.1, -0.05) is 17.3 Å². The van der Waals surface area contributed by atoms with Gasteiger partial charge in [0.2, 0.25) is 11.8 Å². The third-order valence-corrected chi connectivity index (χ3v) is 6.44. The van der Waals surface area contributed by atoms with Gasteiger partial charge in [0.25, 0.3) is 0 Å². The van der Waals surface area contributed by atoms with Crippen LogP contribution in [0.15, 0.2) is 28.8 Å². The van der Waals surface area contributed by atoms with E-state index in [0.29, 0.717) is 18.2 Å². The SMILES string of the molecule is COc1ccc(CCC(=O)N2CCC3(CC2)CC(Cc2nc(C)no2)CCO3)cc1. The fourth-order valence-electron chi connectivity index (χ4n) is 4.69. The molecule has 3 heterocycles. The number of ether oxygens (including phenoxy) is 2. The molecular formula is C23H31N3O4. The maximum absolute atomic E-state index is 12.7. The van der Waals surface area contributed by atoms with Gasteiger partial charge in [0, 0.05) is 32.5 Å². The zero-order valence-corrected chi connectivity index (χ0v) is 17.9. The Balaban J connectivity index is 1.25. The van der Waals surface area contributed by atoms with E-state index in [1.165, 1.54) is 0 Å². The van der Waals surface area contributed by atoms with Crippen molar-refractivity contribution in [2.24, 2.45) is 5.92 Å². The largest absolute Gasteiger partial charge is 0.497 e. The number of amides is 1. The van der Waals surface area contributed by atoms with Crippen LogP contribution in [0.4, 0.5) is 0 Å². The molecule has 1 spiro atoms. The van der Waals surface area contributed by atoms with Gasteiger partial charge in [-0.2, -0.15) is 4.98 Å². The van der Waals surface area contributed by atoms with Crippen molar-refractivity contribution in [3.63, 3.8) is 0 Å². The van der Waals surface area contributed by atoms with E-state index in [0.717, 1.165) is 75.4 Å². The molecule has 1 unspecified atom stereocenters. The Hall–Kier alpha value is -2.41. The summed E-state index contributed by atoms with van der Waals surface area (Å²) >= 11 is 0. The molecule has 7 nitrogen and oxygen atoms in total. The second kappa shape index (κ2) is 9.16. The van der Waals surface area contributed by atoms with Gasteiger partial charge in [-0.25, -0.2) is 0 Å². The highest BCUT2D eigenvalue weighted by atomic mass is 16.5. The highest BCUT2D eigenvalue weighted by Crippen LogP contribution is 2.38. The van der Waals surface area contributed by atoms with Crippen LogP contribution in [0.3, 0.4) is 0 Å². The number of aryl methyl sites for hydroxylation is 2. The smallest absolute Gasteiger partial charge is 0.226 e. The molecule has 1 atom stereocenters. The van der Waals surface area contributed by atoms with E-state index in [1.807, 2.05) is 36.1 Å². The van der Waals surface area contributed by atoms with Crippen molar-refractivity contribution in [1.29, 1.82) is 0 Å². The lowest BCUT2D eigenvalue weighted by Crippen LogP contribution is -2.51. The van der Waals surface area contributed by atoms with E-state index in [1.54, 1.807) is 7.11 Å². The number of benzene rings is 1. The molecule has 2 aliphatic rings. The van der Waals surface area contributed by atoms with Crippen LogP contribution in [0.25, 0.3) is 0 Å². The highest BCUT2D eigenvalue weighted by molar-refractivity contribution is 5.76. The maximum atomic E-state index is 12.7. The number of nitrogens with zero attached hydrogens (tertiary/aromatic N) is 3. The number of likely N-dealkylation sites (tertiary alicyclic amines) is 1. The van der Waals surface area contributed by atoms with Crippen LogP contribution in [-0.4, -0.2) is 53.4 Å². The minimum absolute atomic E-state index is 0.106. The molecule has 0 saturated carbocycles. The third kappa shape index (κ3) is 5.01. The summed E-state index contributed by atoms with van der Waals surface area (Å²) in [5.74, 6) is 2.98. The first kappa shape index (κ1) is 20.8. The lowest BCUT2D eigenvalue weighted by atomic mass is 9.78. The number of carbonyl (C=O) groups excluding carboxylic acids is 1. The molecule has 0 bridgehead atoms. The zero-order valence-electron chi connectivity index (χ0n) is 17.9. The first-order valence-electron chi connectivity index (χ1n) is 10.9. The number of aromatic nitrogens is 2. The molecule has 30 heavy (non-hydrogen) atoms. The van der Waals surface area contributed by atoms with Crippen LogP contribution in [0.5, 0.6) is 5.75 Å². The van der Waals surface area contributed by atoms with Crippen molar-refractivity contribution >= 4 is 5.91 Å². The Morgan fingerprint density at radius 2 is 2.03 bits per heavy atom. The Bertz CT molecular complexity index is 840. The van der Waals surface area contributed by atoms with E-state index in [-0.39, 0.29) is 11.5 Å². The van der Waals surface area contributed by atoms with Gasteiger partial charge in [0.15, 0.2) is 5.82 Å². The molecule has 7 heteroatoms. The summed E-state index contributed by atoms with van der Waals surface area (Å²) in [4.78, 5) is 19.1. The molecule has 2 aromatic rings. The van der Waals surface area contributed by atoms with Gasteiger partial charge in [0.1, 0.15) is 5.75 Å². The molecule has 1 amide bonds. The van der Waals surface area contributed by atoms with E-state index < -0.39 is 0 Å². The standard InChI is InChI=1S/C23H31N3O4/c1-17-24-21(30-25-17)15-19-9-14-29-23(16-19)10-12-26(13-11-23)22(27)8-5-18-3-6-20(28-2)7-4-18/h3-4,6-7,19H,5,8-16H2,1-2H3. The first-order chi connectivity index (χ1) is 14.5. The van der Waals surface area contributed by atoms with Gasteiger partial charge in [-0.15, -0.1) is 0 Å². The van der Waals surface area contributed by atoms with E-state index in [4.69, 9.17) is 14.0 Å². The van der Waals surface area contributed by atoms with Gasteiger partial charge >= 0.3 is 0 Å². The van der Waals surface area contributed by atoms with Crippen molar-refractivity contribution in [2.75, 3.05) is 26.8 Å². The summed E-state index contributed by atoms with van der Waals surface area (Å²) in [5, 5.41) is 3.90. The molecular weight excluding hydrogens is 382 g/mol. The van der Waals surface area contributed by atoms with E-state index in [9.17, 15) is 4.79 Å². The number of carbonyl (C=O) groups is 1. The van der Waals surface area contributed by atoms with Crippen molar-refractivity contribution in [1.82, 2.24) is 15.0 Å². The molecule has 162 valence electrons. The second-order valence-electron chi connectivity index (χ2n) is 8.56. The Labute approximate surface area is 177 Å². The minimum atomic E-state index is -0.106. The topological polar surface area (TPSA) is 77.7 Å².